The molecule has 0 spiro atoms. The first-order valence-corrected chi connectivity index (χ1v) is 5.10. The summed E-state index contributed by atoms with van der Waals surface area (Å²) in [5.41, 5.74) is 10.5. The maximum absolute atomic E-state index is 5.90. The summed E-state index contributed by atoms with van der Waals surface area (Å²) in [6.07, 6.45) is 2.05. The van der Waals surface area contributed by atoms with Crippen molar-refractivity contribution in [1.29, 1.82) is 0 Å². The number of benzene rings is 1. The van der Waals surface area contributed by atoms with Crippen LogP contribution in [0.25, 0.3) is 0 Å². The topological polar surface area (TPSA) is 43.0 Å². The zero-order chi connectivity index (χ0) is 10.3. The molecule has 2 aromatic rings. The van der Waals surface area contributed by atoms with Gasteiger partial charge < -0.3 is 15.6 Å². The average Bonchev–Trinajstić information content (AvgIpc) is 2.51. The third-order valence-corrected chi connectivity index (χ3v) is 2.92. The number of aromatic nitrogens is 1. The van der Waals surface area contributed by atoms with Crippen LogP contribution >= 0.6 is 0 Å². The van der Waals surface area contributed by atoms with Crippen LogP contribution in [0.15, 0.2) is 36.5 Å². The molecule has 0 radical (unpaired) electrons. The minimum absolute atomic E-state index is 0.801. The monoisotopic (exact) mass is 199 g/mol. The van der Waals surface area contributed by atoms with Crippen LogP contribution in [0.1, 0.15) is 11.3 Å². The van der Waals surface area contributed by atoms with E-state index in [2.05, 4.69) is 40.3 Å². The van der Waals surface area contributed by atoms with Gasteiger partial charge in [0.2, 0.25) is 0 Å². The molecule has 0 amide bonds. The Morgan fingerprint density at radius 2 is 2.07 bits per heavy atom. The van der Waals surface area contributed by atoms with Crippen molar-refractivity contribution in [2.75, 3.05) is 11.1 Å². The van der Waals surface area contributed by atoms with E-state index in [0.717, 1.165) is 18.8 Å². The normalized spacial score (nSPS) is 13.6. The van der Waals surface area contributed by atoms with Gasteiger partial charge in [0.1, 0.15) is 0 Å². The Balaban J connectivity index is 2.10. The summed E-state index contributed by atoms with van der Waals surface area (Å²) >= 11 is 0. The standard InChI is InChI=1S/C12H13N3/c13-10-5-6-15-8-9-3-1-2-4-11(9)14-7-12(10)15/h1-6,14H,7-8,13H2. The van der Waals surface area contributed by atoms with Crippen molar-refractivity contribution in [3.8, 4) is 0 Å². The second kappa shape index (κ2) is 3.05. The van der Waals surface area contributed by atoms with Crippen molar-refractivity contribution >= 4 is 11.4 Å². The molecule has 2 heterocycles. The lowest BCUT2D eigenvalue weighted by atomic mass is 10.2. The Labute approximate surface area is 88.5 Å². The van der Waals surface area contributed by atoms with E-state index in [1.165, 1.54) is 16.9 Å². The van der Waals surface area contributed by atoms with Gasteiger partial charge in [-0.05, 0) is 17.7 Å². The Hall–Kier alpha value is -1.90. The van der Waals surface area contributed by atoms with Crippen molar-refractivity contribution in [3.05, 3.63) is 47.8 Å². The van der Waals surface area contributed by atoms with Gasteiger partial charge in [0.15, 0.2) is 0 Å². The van der Waals surface area contributed by atoms with Crippen LogP contribution in [0.5, 0.6) is 0 Å². The predicted molar refractivity (Wildman–Crippen MR) is 61.7 cm³/mol. The van der Waals surface area contributed by atoms with Gasteiger partial charge in [-0.2, -0.15) is 0 Å². The molecule has 1 aliphatic heterocycles. The second-order valence-electron chi connectivity index (χ2n) is 3.86. The Kier molecular flexibility index (Phi) is 1.71. The van der Waals surface area contributed by atoms with Gasteiger partial charge in [-0.25, -0.2) is 0 Å². The van der Waals surface area contributed by atoms with Gasteiger partial charge >= 0.3 is 0 Å². The summed E-state index contributed by atoms with van der Waals surface area (Å²) < 4.78 is 2.20. The molecule has 3 heteroatoms. The molecule has 1 aromatic heterocycles. The fourth-order valence-corrected chi connectivity index (χ4v) is 2.07. The molecular weight excluding hydrogens is 186 g/mol. The van der Waals surface area contributed by atoms with Crippen LogP contribution in [0.2, 0.25) is 0 Å². The number of fused-ring (bicyclic) bond motifs is 2. The van der Waals surface area contributed by atoms with Crippen molar-refractivity contribution in [3.63, 3.8) is 0 Å². The number of anilines is 2. The summed E-state index contributed by atoms with van der Waals surface area (Å²) in [4.78, 5) is 0. The van der Waals surface area contributed by atoms with Gasteiger partial charge in [0.25, 0.3) is 0 Å². The van der Waals surface area contributed by atoms with Gasteiger partial charge in [-0.15, -0.1) is 0 Å². The maximum Gasteiger partial charge on any atom is 0.0604 e. The summed E-state index contributed by atoms with van der Waals surface area (Å²) in [5.74, 6) is 0. The Morgan fingerprint density at radius 1 is 1.20 bits per heavy atom. The van der Waals surface area contributed by atoms with Crippen LogP contribution in [0, 0.1) is 0 Å². The number of hydrogen-bond acceptors (Lipinski definition) is 2. The van der Waals surface area contributed by atoms with Crippen molar-refractivity contribution in [2.24, 2.45) is 0 Å². The molecule has 1 aliphatic rings. The van der Waals surface area contributed by atoms with Gasteiger partial charge in [0.05, 0.1) is 17.9 Å². The molecular formula is C12H13N3. The minimum Gasteiger partial charge on any atom is -0.397 e. The molecule has 0 bridgehead atoms. The average molecular weight is 199 g/mol. The first-order valence-electron chi connectivity index (χ1n) is 5.10. The highest BCUT2D eigenvalue weighted by molar-refractivity contribution is 5.55. The third-order valence-electron chi connectivity index (χ3n) is 2.92. The quantitative estimate of drug-likeness (QED) is 0.682. The molecule has 3 N–H and O–H groups in total. The van der Waals surface area contributed by atoms with E-state index >= 15 is 0 Å². The molecule has 1 aromatic carbocycles. The first kappa shape index (κ1) is 8.41. The molecule has 3 nitrogen and oxygen atoms in total. The number of rotatable bonds is 0. The van der Waals surface area contributed by atoms with Crippen molar-refractivity contribution in [1.82, 2.24) is 4.57 Å². The summed E-state index contributed by atoms with van der Waals surface area (Å²) in [6, 6.07) is 10.3. The lowest BCUT2D eigenvalue weighted by Gasteiger charge is -2.05. The van der Waals surface area contributed by atoms with E-state index in [1.54, 1.807) is 0 Å². The van der Waals surface area contributed by atoms with Gasteiger partial charge in [0, 0.05) is 18.4 Å². The van der Waals surface area contributed by atoms with Crippen molar-refractivity contribution in [2.45, 2.75) is 13.1 Å². The molecule has 0 atom stereocenters. The SMILES string of the molecule is Nc1ccn2c1CNc1ccccc1C2. The molecule has 0 aliphatic carbocycles. The number of nitrogens with one attached hydrogen (secondary N) is 1. The van der Waals surface area contributed by atoms with E-state index in [9.17, 15) is 0 Å². The van der Waals surface area contributed by atoms with Crippen molar-refractivity contribution < 1.29 is 0 Å². The van der Waals surface area contributed by atoms with Gasteiger partial charge in [-0.3, -0.25) is 0 Å². The summed E-state index contributed by atoms with van der Waals surface area (Å²) in [5, 5.41) is 3.41. The van der Waals surface area contributed by atoms with Crippen LogP contribution in [0.3, 0.4) is 0 Å². The number of nitrogens with two attached hydrogens (primary N) is 1. The van der Waals surface area contributed by atoms with E-state index < -0.39 is 0 Å². The largest absolute Gasteiger partial charge is 0.397 e. The van der Waals surface area contributed by atoms with E-state index in [0.29, 0.717) is 0 Å². The minimum atomic E-state index is 0.801. The van der Waals surface area contributed by atoms with Crippen LogP contribution in [-0.2, 0) is 13.1 Å². The van der Waals surface area contributed by atoms with E-state index in [-0.39, 0.29) is 0 Å². The fraction of sp³-hybridized carbons (Fsp3) is 0.167. The lowest BCUT2D eigenvalue weighted by Crippen LogP contribution is -2.04. The highest BCUT2D eigenvalue weighted by Gasteiger charge is 2.13. The Bertz CT molecular complexity index is 499. The second-order valence-corrected chi connectivity index (χ2v) is 3.86. The Morgan fingerprint density at radius 3 is 3.00 bits per heavy atom. The summed E-state index contributed by atoms with van der Waals surface area (Å²) in [7, 11) is 0. The zero-order valence-electron chi connectivity index (χ0n) is 8.40. The molecule has 15 heavy (non-hydrogen) atoms. The van der Waals surface area contributed by atoms with Crippen LogP contribution in [0.4, 0.5) is 11.4 Å². The number of hydrogen-bond donors (Lipinski definition) is 2. The van der Waals surface area contributed by atoms with E-state index in [1.807, 2.05) is 6.07 Å². The molecule has 0 fully saturated rings. The third kappa shape index (κ3) is 1.28. The van der Waals surface area contributed by atoms with Crippen LogP contribution in [-0.4, -0.2) is 4.57 Å². The molecule has 0 unspecified atom stereocenters. The maximum atomic E-state index is 5.90. The van der Waals surface area contributed by atoms with Gasteiger partial charge in [-0.1, -0.05) is 18.2 Å². The number of para-hydroxylation sites is 1. The molecule has 76 valence electrons. The highest BCUT2D eigenvalue weighted by Crippen LogP contribution is 2.24. The molecule has 0 saturated carbocycles. The predicted octanol–water partition coefficient (Wildman–Crippen LogP) is 2.04. The smallest absolute Gasteiger partial charge is 0.0604 e. The highest BCUT2D eigenvalue weighted by atomic mass is 15.0. The molecule has 3 rings (SSSR count). The first-order chi connectivity index (χ1) is 7.34. The van der Waals surface area contributed by atoms with Crippen LogP contribution < -0.4 is 11.1 Å². The van der Waals surface area contributed by atoms with E-state index in [4.69, 9.17) is 5.73 Å². The molecule has 0 saturated heterocycles. The lowest BCUT2D eigenvalue weighted by molar-refractivity contribution is 0.774. The number of nitrogens with zero attached hydrogens (tertiary/aromatic N) is 1. The zero-order valence-corrected chi connectivity index (χ0v) is 8.40. The fourth-order valence-electron chi connectivity index (χ4n) is 2.07. The number of nitrogen functional groups attached to an aromatic ring is 1. The summed E-state index contributed by atoms with van der Waals surface area (Å²) in [6.45, 7) is 1.70.